The van der Waals surface area contributed by atoms with E-state index in [1.54, 1.807) is 11.3 Å². The molecule has 1 aliphatic heterocycles. The average Bonchev–Trinajstić information content (AvgIpc) is 2.95. The molecular weight excluding hydrogens is 266 g/mol. The van der Waals surface area contributed by atoms with E-state index >= 15 is 0 Å². The van der Waals surface area contributed by atoms with Crippen molar-refractivity contribution in [3.8, 4) is 22.3 Å². The van der Waals surface area contributed by atoms with Gasteiger partial charge in [-0.2, -0.15) is 11.3 Å². The largest absolute Gasteiger partial charge is 0.310 e. The minimum absolute atomic E-state index is 0.849. The molecule has 3 aromatic rings. The standard InChI is InChI=1S/C16H13N3S/c1-2-19-15-11(5-3-7-17-15)13-9-20-10-14(13)12-6-4-8-18-16(12)19/h3-10H,2H2,1H3. The second-order valence-corrected chi connectivity index (χ2v) is 5.44. The predicted octanol–water partition coefficient (Wildman–Crippen LogP) is 4.34. The fourth-order valence-corrected chi connectivity index (χ4v) is 3.61. The lowest BCUT2D eigenvalue weighted by molar-refractivity contribution is 0.967. The van der Waals surface area contributed by atoms with E-state index in [9.17, 15) is 0 Å². The number of nitrogens with zero attached hydrogens (tertiary/aromatic N) is 3. The third kappa shape index (κ3) is 1.51. The van der Waals surface area contributed by atoms with Gasteiger partial charge in [0, 0.05) is 41.2 Å². The van der Waals surface area contributed by atoms with E-state index in [0.717, 1.165) is 18.2 Å². The van der Waals surface area contributed by atoms with Gasteiger partial charge in [0.05, 0.1) is 0 Å². The number of pyridine rings is 2. The van der Waals surface area contributed by atoms with Crippen LogP contribution in [0.2, 0.25) is 0 Å². The van der Waals surface area contributed by atoms with Crippen molar-refractivity contribution in [3.05, 3.63) is 47.4 Å². The van der Waals surface area contributed by atoms with Crippen LogP contribution in [0.25, 0.3) is 22.3 Å². The van der Waals surface area contributed by atoms with Crippen LogP contribution in [0.4, 0.5) is 11.6 Å². The van der Waals surface area contributed by atoms with Crippen LogP contribution in [0.1, 0.15) is 6.92 Å². The summed E-state index contributed by atoms with van der Waals surface area (Å²) >= 11 is 1.73. The van der Waals surface area contributed by atoms with Crippen LogP contribution in [0.5, 0.6) is 0 Å². The van der Waals surface area contributed by atoms with Crippen molar-refractivity contribution in [1.82, 2.24) is 9.97 Å². The van der Waals surface area contributed by atoms with Crippen molar-refractivity contribution in [3.63, 3.8) is 0 Å². The highest BCUT2D eigenvalue weighted by Crippen LogP contribution is 2.46. The second-order valence-electron chi connectivity index (χ2n) is 4.69. The first-order valence-corrected chi connectivity index (χ1v) is 7.59. The molecule has 1 aliphatic rings. The lowest BCUT2D eigenvalue weighted by Crippen LogP contribution is -2.19. The first kappa shape index (κ1) is 11.6. The first-order valence-electron chi connectivity index (χ1n) is 6.64. The van der Waals surface area contributed by atoms with Gasteiger partial charge in [0.2, 0.25) is 0 Å². The molecule has 4 heteroatoms. The molecule has 0 radical (unpaired) electrons. The van der Waals surface area contributed by atoms with Gasteiger partial charge in [0.15, 0.2) is 0 Å². The van der Waals surface area contributed by atoms with Gasteiger partial charge in [0.1, 0.15) is 11.6 Å². The number of fused-ring (bicyclic) bond motifs is 5. The Balaban J connectivity index is 2.14. The van der Waals surface area contributed by atoms with Gasteiger partial charge in [-0.1, -0.05) is 0 Å². The smallest absolute Gasteiger partial charge is 0.142 e. The summed E-state index contributed by atoms with van der Waals surface area (Å²) in [6.45, 7) is 2.98. The minimum atomic E-state index is 0.849. The number of hydrogen-bond donors (Lipinski definition) is 0. The van der Waals surface area contributed by atoms with Crippen molar-refractivity contribution < 1.29 is 0 Å². The molecule has 3 nitrogen and oxygen atoms in total. The van der Waals surface area contributed by atoms with E-state index in [4.69, 9.17) is 0 Å². The number of aromatic nitrogens is 2. The van der Waals surface area contributed by atoms with E-state index < -0.39 is 0 Å². The van der Waals surface area contributed by atoms with Crippen molar-refractivity contribution in [2.24, 2.45) is 0 Å². The van der Waals surface area contributed by atoms with Crippen LogP contribution in [-0.2, 0) is 0 Å². The maximum absolute atomic E-state index is 4.60. The highest BCUT2D eigenvalue weighted by atomic mass is 32.1. The number of thiophene rings is 1. The summed E-state index contributed by atoms with van der Waals surface area (Å²) in [4.78, 5) is 11.4. The SMILES string of the molecule is CCN1c2ncccc2-c2cscc2-c2cccnc21. The Morgan fingerprint density at radius 1 is 0.900 bits per heavy atom. The number of hydrogen-bond acceptors (Lipinski definition) is 4. The molecular formula is C16H13N3S. The van der Waals surface area contributed by atoms with Crippen LogP contribution in [0, 0.1) is 0 Å². The predicted molar refractivity (Wildman–Crippen MR) is 83.5 cm³/mol. The summed E-state index contributed by atoms with van der Waals surface area (Å²) in [5.74, 6) is 1.99. The highest BCUT2D eigenvalue weighted by molar-refractivity contribution is 7.08. The number of rotatable bonds is 1. The molecule has 0 aliphatic carbocycles. The normalized spacial score (nSPS) is 12.3. The first-order chi connectivity index (χ1) is 9.90. The zero-order chi connectivity index (χ0) is 13.5. The molecule has 0 saturated carbocycles. The zero-order valence-electron chi connectivity index (χ0n) is 11.1. The lowest BCUT2D eigenvalue weighted by atomic mass is 10.0. The van der Waals surface area contributed by atoms with Crippen molar-refractivity contribution in [2.75, 3.05) is 11.4 Å². The fourth-order valence-electron chi connectivity index (χ4n) is 2.76. The van der Waals surface area contributed by atoms with Crippen LogP contribution in [-0.4, -0.2) is 16.5 Å². The van der Waals surface area contributed by atoms with Crippen LogP contribution in [0.15, 0.2) is 47.4 Å². The number of anilines is 2. The zero-order valence-corrected chi connectivity index (χ0v) is 11.9. The van der Waals surface area contributed by atoms with Gasteiger partial charge < -0.3 is 4.90 Å². The van der Waals surface area contributed by atoms with Gasteiger partial charge in [0.25, 0.3) is 0 Å². The van der Waals surface area contributed by atoms with Crippen molar-refractivity contribution in [1.29, 1.82) is 0 Å². The van der Waals surface area contributed by atoms with E-state index in [1.807, 2.05) is 24.5 Å². The minimum Gasteiger partial charge on any atom is -0.310 e. The second kappa shape index (κ2) is 4.42. The van der Waals surface area contributed by atoms with Gasteiger partial charge in [-0.15, -0.1) is 0 Å². The Morgan fingerprint density at radius 2 is 1.45 bits per heavy atom. The molecule has 98 valence electrons. The van der Waals surface area contributed by atoms with E-state index in [0.29, 0.717) is 0 Å². The van der Waals surface area contributed by atoms with E-state index in [2.05, 4.69) is 44.7 Å². The van der Waals surface area contributed by atoms with Gasteiger partial charge in [-0.25, -0.2) is 9.97 Å². The third-order valence-corrected chi connectivity index (χ3v) is 4.39. The molecule has 4 heterocycles. The lowest BCUT2D eigenvalue weighted by Gasteiger charge is -2.22. The van der Waals surface area contributed by atoms with Gasteiger partial charge in [-0.3, -0.25) is 0 Å². The molecule has 20 heavy (non-hydrogen) atoms. The summed E-state index contributed by atoms with van der Waals surface area (Å²) in [6, 6.07) is 8.28. The fraction of sp³-hybridized carbons (Fsp3) is 0.125. The van der Waals surface area contributed by atoms with Crippen LogP contribution >= 0.6 is 11.3 Å². The summed E-state index contributed by atoms with van der Waals surface area (Å²) < 4.78 is 0. The van der Waals surface area contributed by atoms with Crippen LogP contribution in [0.3, 0.4) is 0 Å². The summed E-state index contributed by atoms with van der Waals surface area (Å²) in [5, 5.41) is 4.40. The summed E-state index contributed by atoms with van der Waals surface area (Å²) in [7, 11) is 0. The van der Waals surface area contributed by atoms with E-state index in [-0.39, 0.29) is 0 Å². The molecule has 0 bridgehead atoms. The van der Waals surface area contributed by atoms with Crippen LogP contribution < -0.4 is 4.90 Å². The maximum Gasteiger partial charge on any atom is 0.142 e. The third-order valence-electron chi connectivity index (χ3n) is 3.64. The van der Waals surface area contributed by atoms with E-state index in [1.165, 1.54) is 22.3 Å². The molecule has 0 N–H and O–H groups in total. The molecule has 0 amide bonds. The molecule has 3 aromatic heterocycles. The van der Waals surface area contributed by atoms with Gasteiger partial charge >= 0.3 is 0 Å². The highest BCUT2D eigenvalue weighted by Gasteiger charge is 2.25. The molecule has 0 unspecified atom stereocenters. The molecule has 0 aromatic carbocycles. The Labute approximate surface area is 121 Å². The molecule has 0 spiro atoms. The Bertz CT molecular complexity index is 717. The molecule has 4 rings (SSSR count). The van der Waals surface area contributed by atoms with Gasteiger partial charge in [-0.05, 0) is 41.9 Å². The average molecular weight is 279 g/mol. The summed E-state index contributed by atoms with van der Waals surface area (Å²) in [5.41, 5.74) is 4.87. The topological polar surface area (TPSA) is 29.0 Å². The Hall–Kier alpha value is -2.20. The monoisotopic (exact) mass is 279 g/mol. The quantitative estimate of drug-likeness (QED) is 0.663. The molecule has 0 atom stereocenters. The van der Waals surface area contributed by atoms with Crippen molar-refractivity contribution in [2.45, 2.75) is 6.92 Å². The molecule has 0 saturated heterocycles. The van der Waals surface area contributed by atoms with Crippen molar-refractivity contribution >= 4 is 23.0 Å². The molecule has 0 fully saturated rings. The summed E-state index contributed by atoms with van der Waals surface area (Å²) in [6.07, 6.45) is 3.70. The Kier molecular flexibility index (Phi) is 2.57. The maximum atomic E-state index is 4.60. The Morgan fingerprint density at radius 3 is 1.95 bits per heavy atom.